The molecule has 2 aromatic rings. The number of nitrogens with zero attached hydrogens (tertiary/aromatic N) is 1. The molecule has 0 radical (unpaired) electrons. The topological polar surface area (TPSA) is 67.8 Å². The van der Waals surface area contributed by atoms with E-state index in [9.17, 15) is 9.59 Å². The van der Waals surface area contributed by atoms with Crippen molar-refractivity contribution >= 4 is 57.2 Å². The second kappa shape index (κ2) is 10.6. The van der Waals surface area contributed by atoms with Gasteiger partial charge in [0.1, 0.15) is 4.38 Å². The van der Waals surface area contributed by atoms with Gasteiger partial charge in [0.2, 0.25) is 0 Å². The molecule has 8 heteroatoms. The van der Waals surface area contributed by atoms with Crippen molar-refractivity contribution in [1.82, 2.24) is 0 Å². The van der Waals surface area contributed by atoms with Crippen molar-refractivity contribution < 1.29 is 14.3 Å². The predicted octanol–water partition coefficient (Wildman–Crippen LogP) is 4.54. The van der Waals surface area contributed by atoms with Crippen molar-refractivity contribution in [3.8, 4) is 0 Å². The van der Waals surface area contributed by atoms with Gasteiger partial charge in [-0.3, -0.25) is 9.79 Å². The van der Waals surface area contributed by atoms with E-state index in [0.29, 0.717) is 17.0 Å². The van der Waals surface area contributed by atoms with Gasteiger partial charge in [-0.15, -0.1) is 11.8 Å². The quantitative estimate of drug-likeness (QED) is 0.512. The molecular formula is C20H20N2O3S3. The van der Waals surface area contributed by atoms with Crippen LogP contribution in [-0.4, -0.2) is 41.4 Å². The Bertz CT molecular complexity index is 869. The number of amides is 1. The summed E-state index contributed by atoms with van der Waals surface area (Å²) in [6.45, 7) is 0.527. The molecule has 1 aliphatic heterocycles. The van der Waals surface area contributed by atoms with Gasteiger partial charge in [-0.1, -0.05) is 41.7 Å². The van der Waals surface area contributed by atoms with Gasteiger partial charge in [0, 0.05) is 22.1 Å². The lowest BCUT2D eigenvalue weighted by Crippen LogP contribution is -2.21. The number of benzene rings is 2. The molecule has 5 nitrogen and oxygen atoms in total. The first-order chi connectivity index (χ1) is 13.7. The van der Waals surface area contributed by atoms with Crippen LogP contribution in [0.1, 0.15) is 15.9 Å². The fraction of sp³-hybridized carbons (Fsp3) is 0.250. The average molecular weight is 433 g/mol. The lowest BCUT2D eigenvalue weighted by Gasteiger charge is -2.10. The summed E-state index contributed by atoms with van der Waals surface area (Å²) < 4.78 is 6.27. The van der Waals surface area contributed by atoms with Crippen LogP contribution >= 0.6 is 35.3 Å². The molecule has 28 heavy (non-hydrogen) atoms. The fourth-order valence-electron chi connectivity index (χ4n) is 2.47. The van der Waals surface area contributed by atoms with E-state index in [1.54, 1.807) is 47.4 Å². The Hall–Kier alpha value is -1.90. The number of esters is 1. The molecule has 0 atom stereocenters. The summed E-state index contributed by atoms with van der Waals surface area (Å²) in [5.41, 5.74) is 2.03. The van der Waals surface area contributed by atoms with Gasteiger partial charge in [0.15, 0.2) is 6.61 Å². The van der Waals surface area contributed by atoms with E-state index in [1.807, 2.05) is 42.7 Å². The third-order valence-corrected chi connectivity index (χ3v) is 6.90. The van der Waals surface area contributed by atoms with Crippen molar-refractivity contribution in [2.45, 2.75) is 10.6 Å². The van der Waals surface area contributed by atoms with E-state index in [1.165, 1.54) is 0 Å². The normalized spacial score (nSPS) is 13.1. The number of nitrogens with one attached hydrogen (secondary N) is 1. The molecule has 1 N–H and O–H groups in total. The monoisotopic (exact) mass is 432 g/mol. The van der Waals surface area contributed by atoms with Crippen molar-refractivity contribution in [2.75, 3.05) is 30.5 Å². The summed E-state index contributed by atoms with van der Waals surface area (Å²) >= 11 is 4.99. The van der Waals surface area contributed by atoms with E-state index in [0.717, 1.165) is 27.1 Å². The van der Waals surface area contributed by atoms with Gasteiger partial charge in [-0.25, -0.2) is 4.79 Å². The van der Waals surface area contributed by atoms with Crippen molar-refractivity contribution in [2.24, 2.45) is 4.99 Å². The number of rotatable bonds is 7. The van der Waals surface area contributed by atoms with Crippen molar-refractivity contribution in [1.29, 1.82) is 0 Å². The number of carbonyl (C=O) groups is 2. The lowest BCUT2D eigenvalue weighted by molar-refractivity contribution is -0.119. The molecule has 0 aliphatic carbocycles. The molecule has 0 bridgehead atoms. The number of hydrogen-bond donors (Lipinski definition) is 1. The minimum Gasteiger partial charge on any atom is -0.452 e. The van der Waals surface area contributed by atoms with Crippen LogP contribution in [0, 0.1) is 0 Å². The zero-order valence-electron chi connectivity index (χ0n) is 15.3. The average Bonchev–Trinajstić information content (AvgIpc) is 3.25. The molecule has 0 spiro atoms. The third-order valence-electron chi connectivity index (χ3n) is 3.85. The maximum Gasteiger partial charge on any atom is 0.338 e. The molecule has 3 rings (SSSR count). The summed E-state index contributed by atoms with van der Waals surface area (Å²) in [7, 11) is 0. The minimum atomic E-state index is -0.495. The molecule has 0 unspecified atom stereocenters. The van der Waals surface area contributed by atoms with Crippen molar-refractivity contribution in [3.05, 3.63) is 59.7 Å². The van der Waals surface area contributed by atoms with E-state index in [4.69, 9.17) is 4.74 Å². The summed E-state index contributed by atoms with van der Waals surface area (Å²) in [4.78, 5) is 30.0. The zero-order chi connectivity index (χ0) is 19.8. The Morgan fingerprint density at radius 3 is 2.68 bits per heavy atom. The summed E-state index contributed by atoms with van der Waals surface area (Å²) in [5, 5.41) is 2.73. The molecule has 2 aromatic carbocycles. The van der Waals surface area contributed by atoms with Crippen LogP contribution in [-0.2, 0) is 15.3 Å². The lowest BCUT2D eigenvalue weighted by atomic mass is 10.1. The number of anilines is 1. The predicted molar refractivity (Wildman–Crippen MR) is 120 cm³/mol. The minimum absolute atomic E-state index is 0.326. The van der Waals surface area contributed by atoms with Crippen LogP contribution in [0.3, 0.4) is 0 Å². The highest BCUT2D eigenvalue weighted by atomic mass is 32.2. The Balaban J connectivity index is 1.53. The Kier molecular flexibility index (Phi) is 7.88. The fourth-order valence-corrected chi connectivity index (χ4v) is 4.89. The smallest absolute Gasteiger partial charge is 0.338 e. The van der Waals surface area contributed by atoms with Crippen LogP contribution in [0.25, 0.3) is 0 Å². The highest BCUT2D eigenvalue weighted by Crippen LogP contribution is 2.26. The molecule has 1 amide bonds. The van der Waals surface area contributed by atoms with Crippen LogP contribution in [0.15, 0.2) is 58.4 Å². The molecule has 0 aromatic heterocycles. The van der Waals surface area contributed by atoms with E-state index >= 15 is 0 Å². The highest BCUT2D eigenvalue weighted by Gasteiger charge is 2.16. The van der Waals surface area contributed by atoms with Gasteiger partial charge in [-0.2, -0.15) is 0 Å². The van der Waals surface area contributed by atoms with Crippen LogP contribution < -0.4 is 5.32 Å². The second-order valence-electron chi connectivity index (χ2n) is 5.79. The third kappa shape index (κ3) is 6.05. The number of thioether (sulfide) groups is 3. The maximum absolute atomic E-state index is 12.5. The van der Waals surface area contributed by atoms with Gasteiger partial charge >= 0.3 is 5.97 Å². The first kappa shape index (κ1) is 20.8. The standard InChI is InChI=1S/C20H20N2O3S3/c1-26-16-8-6-15(7-9-16)22-18(23)12-25-19(24)17-5-3-2-4-14(17)13-28-20-21-10-11-27-20/h2-9H,10-13H2,1H3,(H,22,23). The first-order valence-electron chi connectivity index (χ1n) is 8.64. The second-order valence-corrected chi connectivity index (χ2v) is 8.98. The largest absolute Gasteiger partial charge is 0.452 e. The molecule has 0 fully saturated rings. The molecular weight excluding hydrogens is 412 g/mol. The summed E-state index contributed by atoms with van der Waals surface area (Å²) in [6, 6.07) is 14.8. The SMILES string of the molecule is CSc1ccc(NC(=O)COC(=O)c2ccccc2CSC2=NCCS2)cc1. The maximum atomic E-state index is 12.5. The number of ether oxygens (including phenoxy) is 1. The van der Waals surface area contributed by atoms with Crippen LogP contribution in [0.5, 0.6) is 0 Å². The van der Waals surface area contributed by atoms with Crippen LogP contribution in [0.2, 0.25) is 0 Å². The highest BCUT2D eigenvalue weighted by molar-refractivity contribution is 8.38. The first-order valence-corrected chi connectivity index (χ1v) is 11.8. The molecule has 0 saturated heterocycles. The van der Waals surface area contributed by atoms with E-state index in [2.05, 4.69) is 10.3 Å². The van der Waals surface area contributed by atoms with E-state index in [-0.39, 0.29) is 12.5 Å². The summed E-state index contributed by atoms with van der Waals surface area (Å²) in [5.74, 6) is 0.797. The molecule has 146 valence electrons. The number of hydrogen-bond acceptors (Lipinski definition) is 7. The Morgan fingerprint density at radius 1 is 1.18 bits per heavy atom. The van der Waals surface area contributed by atoms with Crippen LogP contribution in [0.4, 0.5) is 5.69 Å². The zero-order valence-corrected chi connectivity index (χ0v) is 17.8. The summed E-state index contributed by atoms with van der Waals surface area (Å²) in [6.07, 6.45) is 1.99. The molecule has 1 aliphatic rings. The van der Waals surface area contributed by atoms with Gasteiger partial charge in [-0.05, 0) is 42.2 Å². The van der Waals surface area contributed by atoms with Gasteiger partial charge < -0.3 is 10.1 Å². The van der Waals surface area contributed by atoms with Gasteiger partial charge in [0.05, 0.1) is 12.1 Å². The number of aliphatic imine (C=N–C) groups is 1. The Labute approximate surface area is 177 Å². The van der Waals surface area contributed by atoms with E-state index < -0.39 is 5.97 Å². The molecule has 0 saturated carbocycles. The van der Waals surface area contributed by atoms with Gasteiger partial charge in [0.25, 0.3) is 5.91 Å². The number of carbonyl (C=O) groups excluding carboxylic acids is 2. The Morgan fingerprint density at radius 2 is 1.96 bits per heavy atom. The van der Waals surface area contributed by atoms with Crippen molar-refractivity contribution in [3.63, 3.8) is 0 Å². The molecule has 1 heterocycles.